The zero-order valence-electron chi connectivity index (χ0n) is 8.45. The molecule has 0 amide bonds. The minimum atomic E-state index is 0.850. The van der Waals surface area contributed by atoms with Crippen molar-refractivity contribution >= 4 is 17.5 Å². The molecular formula is C11H14N2S. The molecule has 1 aromatic rings. The van der Waals surface area contributed by atoms with Crippen LogP contribution in [0.3, 0.4) is 0 Å². The third-order valence-electron chi connectivity index (χ3n) is 2.24. The van der Waals surface area contributed by atoms with Crippen molar-refractivity contribution in [3.05, 3.63) is 40.3 Å². The van der Waals surface area contributed by atoms with Crippen molar-refractivity contribution in [1.82, 2.24) is 5.01 Å². The Bertz CT molecular complexity index is 365. The summed E-state index contributed by atoms with van der Waals surface area (Å²) in [5.41, 5.74) is 4.91. The topological polar surface area (TPSA) is 29.3 Å². The molecule has 2 N–H and O–H groups in total. The number of hydrogen-bond donors (Lipinski definition) is 1. The van der Waals surface area contributed by atoms with Gasteiger partial charge in [0.1, 0.15) is 0 Å². The molecule has 0 fully saturated rings. The van der Waals surface area contributed by atoms with Crippen LogP contribution in [0.5, 0.6) is 0 Å². The summed E-state index contributed by atoms with van der Waals surface area (Å²) in [4.78, 5) is 0. The first-order valence-corrected chi connectivity index (χ1v) is 5.64. The van der Waals surface area contributed by atoms with Crippen molar-refractivity contribution in [3.8, 4) is 0 Å². The summed E-state index contributed by atoms with van der Waals surface area (Å²) < 4.78 is 0. The zero-order chi connectivity index (χ0) is 10.1. The summed E-state index contributed by atoms with van der Waals surface area (Å²) in [5, 5.41) is 3.91. The molecule has 1 aliphatic rings. The second-order valence-electron chi connectivity index (χ2n) is 3.65. The van der Waals surface area contributed by atoms with Crippen molar-refractivity contribution in [1.29, 1.82) is 0 Å². The van der Waals surface area contributed by atoms with Crippen LogP contribution in [0.25, 0.3) is 5.70 Å². The largest absolute Gasteiger partial charge is 0.300 e. The molecule has 2 nitrogen and oxygen atoms in total. The van der Waals surface area contributed by atoms with Gasteiger partial charge < -0.3 is 0 Å². The fourth-order valence-corrected chi connectivity index (χ4v) is 2.49. The van der Waals surface area contributed by atoms with Gasteiger partial charge in [0.15, 0.2) is 0 Å². The van der Waals surface area contributed by atoms with Crippen LogP contribution in [0.4, 0.5) is 0 Å². The van der Waals surface area contributed by atoms with Gasteiger partial charge >= 0.3 is 0 Å². The monoisotopic (exact) mass is 206 g/mol. The lowest BCUT2D eigenvalue weighted by Crippen LogP contribution is -2.25. The third kappa shape index (κ3) is 1.79. The number of thioether (sulfide) groups is 1. The van der Waals surface area contributed by atoms with E-state index in [9.17, 15) is 0 Å². The maximum Gasteiger partial charge on any atom is 0.0838 e. The van der Waals surface area contributed by atoms with E-state index in [-0.39, 0.29) is 0 Å². The first-order chi connectivity index (χ1) is 6.66. The van der Waals surface area contributed by atoms with Gasteiger partial charge in [-0.25, -0.2) is 5.84 Å². The molecule has 1 aromatic carbocycles. The molecule has 14 heavy (non-hydrogen) atoms. The Kier molecular flexibility index (Phi) is 2.52. The molecule has 0 aliphatic carbocycles. The maximum atomic E-state index is 5.86. The summed E-state index contributed by atoms with van der Waals surface area (Å²) in [6, 6.07) is 6.52. The van der Waals surface area contributed by atoms with Crippen LogP contribution in [-0.4, -0.2) is 10.9 Å². The smallest absolute Gasteiger partial charge is 0.0838 e. The molecule has 0 unspecified atom stereocenters. The maximum absolute atomic E-state index is 5.86. The first kappa shape index (κ1) is 9.62. The molecule has 0 aromatic heterocycles. The Labute approximate surface area is 88.8 Å². The fourth-order valence-electron chi connectivity index (χ4n) is 1.69. The molecule has 0 atom stereocenters. The molecule has 1 aliphatic heterocycles. The SMILES string of the molecule is Cc1cc(C)cc(C2=CSCN2N)c1. The number of hydrogen-bond acceptors (Lipinski definition) is 3. The van der Waals surface area contributed by atoms with Gasteiger partial charge in [0.05, 0.1) is 11.6 Å². The predicted octanol–water partition coefficient (Wildman–Crippen LogP) is 2.48. The van der Waals surface area contributed by atoms with Crippen molar-refractivity contribution in [3.63, 3.8) is 0 Å². The van der Waals surface area contributed by atoms with Crippen LogP contribution in [0.15, 0.2) is 23.6 Å². The van der Waals surface area contributed by atoms with E-state index in [0.29, 0.717) is 0 Å². The summed E-state index contributed by atoms with van der Waals surface area (Å²) >= 11 is 1.74. The summed E-state index contributed by atoms with van der Waals surface area (Å²) in [6.45, 7) is 4.22. The summed E-state index contributed by atoms with van der Waals surface area (Å²) in [7, 11) is 0. The number of hydrazine groups is 1. The molecule has 74 valence electrons. The Morgan fingerprint density at radius 3 is 2.36 bits per heavy atom. The standard InChI is InChI=1S/C11H14N2S/c1-8-3-9(2)5-10(4-8)11-6-14-7-13(11)12/h3-6H,7,12H2,1-2H3. The van der Waals surface area contributed by atoms with E-state index in [2.05, 4.69) is 37.5 Å². The lowest BCUT2D eigenvalue weighted by molar-refractivity contribution is 0.499. The zero-order valence-corrected chi connectivity index (χ0v) is 9.27. The minimum Gasteiger partial charge on any atom is -0.300 e. The van der Waals surface area contributed by atoms with E-state index in [1.165, 1.54) is 16.7 Å². The lowest BCUT2D eigenvalue weighted by Gasteiger charge is -2.15. The highest BCUT2D eigenvalue weighted by atomic mass is 32.2. The van der Waals surface area contributed by atoms with E-state index < -0.39 is 0 Å². The van der Waals surface area contributed by atoms with Gasteiger partial charge in [-0.2, -0.15) is 0 Å². The third-order valence-corrected chi connectivity index (χ3v) is 3.05. The average Bonchev–Trinajstić information content (AvgIpc) is 2.49. The fraction of sp³-hybridized carbons (Fsp3) is 0.273. The Morgan fingerprint density at radius 2 is 1.86 bits per heavy atom. The molecule has 0 saturated carbocycles. The number of nitrogens with two attached hydrogens (primary N) is 1. The van der Waals surface area contributed by atoms with Crippen molar-refractivity contribution in [2.75, 3.05) is 5.88 Å². The number of benzene rings is 1. The van der Waals surface area contributed by atoms with Crippen LogP contribution < -0.4 is 5.84 Å². The Balaban J connectivity index is 2.41. The molecule has 3 heteroatoms. The number of aryl methyl sites for hydroxylation is 2. The molecule has 1 heterocycles. The molecule has 0 saturated heterocycles. The van der Waals surface area contributed by atoms with Gasteiger partial charge in [-0.15, -0.1) is 11.8 Å². The van der Waals surface area contributed by atoms with Crippen molar-refractivity contribution < 1.29 is 0 Å². The van der Waals surface area contributed by atoms with Crippen LogP contribution in [-0.2, 0) is 0 Å². The van der Waals surface area contributed by atoms with Crippen LogP contribution >= 0.6 is 11.8 Å². The number of nitrogens with zero attached hydrogens (tertiary/aromatic N) is 1. The van der Waals surface area contributed by atoms with Gasteiger partial charge in [0.25, 0.3) is 0 Å². The van der Waals surface area contributed by atoms with Gasteiger partial charge in [-0.05, 0) is 31.4 Å². The van der Waals surface area contributed by atoms with Gasteiger partial charge in [-0.3, -0.25) is 5.01 Å². The van der Waals surface area contributed by atoms with Gasteiger partial charge in [-0.1, -0.05) is 17.2 Å². The molecular weight excluding hydrogens is 192 g/mol. The second-order valence-corrected chi connectivity index (χ2v) is 4.47. The predicted molar refractivity (Wildman–Crippen MR) is 62.4 cm³/mol. The normalized spacial score (nSPS) is 15.9. The number of rotatable bonds is 1. The highest BCUT2D eigenvalue weighted by molar-refractivity contribution is 8.02. The van der Waals surface area contributed by atoms with Crippen LogP contribution in [0, 0.1) is 13.8 Å². The Hall–Kier alpha value is -0.930. The molecule has 2 rings (SSSR count). The molecule has 0 spiro atoms. The molecule has 0 radical (unpaired) electrons. The molecule has 0 bridgehead atoms. The van der Waals surface area contributed by atoms with Gasteiger partial charge in [0, 0.05) is 5.56 Å². The van der Waals surface area contributed by atoms with E-state index in [0.717, 1.165) is 11.6 Å². The van der Waals surface area contributed by atoms with E-state index in [1.54, 1.807) is 16.8 Å². The van der Waals surface area contributed by atoms with Gasteiger partial charge in [0.2, 0.25) is 0 Å². The van der Waals surface area contributed by atoms with Crippen molar-refractivity contribution in [2.24, 2.45) is 5.84 Å². The van der Waals surface area contributed by atoms with E-state index in [4.69, 9.17) is 5.84 Å². The minimum absolute atomic E-state index is 0.850. The Morgan fingerprint density at radius 1 is 1.21 bits per heavy atom. The highest BCUT2D eigenvalue weighted by Crippen LogP contribution is 2.29. The lowest BCUT2D eigenvalue weighted by atomic mass is 10.1. The highest BCUT2D eigenvalue weighted by Gasteiger charge is 2.13. The first-order valence-electron chi connectivity index (χ1n) is 4.59. The van der Waals surface area contributed by atoms with E-state index in [1.807, 2.05) is 0 Å². The van der Waals surface area contributed by atoms with Crippen LogP contribution in [0.1, 0.15) is 16.7 Å². The average molecular weight is 206 g/mol. The quantitative estimate of drug-likeness (QED) is 0.716. The van der Waals surface area contributed by atoms with Crippen molar-refractivity contribution in [2.45, 2.75) is 13.8 Å². The summed E-state index contributed by atoms with van der Waals surface area (Å²) in [6.07, 6.45) is 0. The van der Waals surface area contributed by atoms with Crippen LogP contribution in [0.2, 0.25) is 0 Å². The summed E-state index contributed by atoms with van der Waals surface area (Å²) in [5.74, 6) is 6.70. The van der Waals surface area contributed by atoms with E-state index >= 15 is 0 Å². The second kappa shape index (κ2) is 3.67.